The Labute approximate surface area is 166 Å². The molecule has 1 aromatic carbocycles. The average Bonchev–Trinajstić information content (AvgIpc) is 3.28. The van der Waals surface area contributed by atoms with Crippen molar-refractivity contribution in [1.29, 1.82) is 0 Å². The number of nitrogens with zero attached hydrogens (tertiary/aromatic N) is 3. The number of likely N-dealkylation sites (tertiary alicyclic amines) is 1. The number of β-amino-alcohol motifs (C(OH)–C–C–N with tert-alkyl or cyclic N) is 1. The minimum atomic E-state index is -0.500. The van der Waals surface area contributed by atoms with Gasteiger partial charge in [0.25, 0.3) is 5.91 Å². The highest BCUT2D eigenvalue weighted by molar-refractivity contribution is 5.93. The van der Waals surface area contributed by atoms with Crippen molar-refractivity contribution in [1.82, 2.24) is 14.7 Å². The van der Waals surface area contributed by atoms with E-state index in [9.17, 15) is 9.90 Å². The average molecular weight is 383 g/mol. The number of carbonyl (C=O) groups is 1. The summed E-state index contributed by atoms with van der Waals surface area (Å²) >= 11 is 0. The van der Waals surface area contributed by atoms with Crippen molar-refractivity contribution >= 4 is 5.91 Å². The van der Waals surface area contributed by atoms with Gasteiger partial charge in [-0.15, -0.1) is 0 Å². The largest absolute Gasteiger partial charge is 0.472 e. The molecule has 0 unspecified atom stereocenters. The van der Waals surface area contributed by atoms with E-state index in [0.717, 1.165) is 45.6 Å². The molecule has 0 aliphatic carbocycles. The fraction of sp³-hybridized carbons (Fsp3) is 0.500. The second kappa shape index (κ2) is 8.90. The Balaban J connectivity index is 1.23. The Morgan fingerprint density at radius 2 is 1.86 bits per heavy atom. The molecule has 2 atom stereocenters. The van der Waals surface area contributed by atoms with Crippen LogP contribution in [0.25, 0.3) is 0 Å². The lowest BCUT2D eigenvalue weighted by Crippen LogP contribution is -2.59. The molecule has 6 heteroatoms. The SMILES string of the molecule is O=C(c1ccoc1)N1CC[C@@H](N2CCN(CCc3ccccc3)CC2)[C@H](O)C1. The van der Waals surface area contributed by atoms with Gasteiger partial charge in [-0.1, -0.05) is 30.3 Å². The molecular formula is C22H29N3O3. The van der Waals surface area contributed by atoms with E-state index in [0.29, 0.717) is 18.7 Å². The number of aliphatic hydroxyl groups is 1. The third kappa shape index (κ3) is 4.46. The van der Waals surface area contributed by atoms with E-state index in [1.54, 1.807) is 11.0 Å². The number of amides is 1. The van der Waals surface area contributed by atoms with E-state index >= 15 is 0 Å². The van der Waals surface area contributed by atoms with Crippen molar-refractivity contribution in [3.05, 3.63) is 60.1 Å². The molecule has 2 fully saturated rings. The van der Waals surface area contributed by atoms with Crippen LogP contribution in [-0.4, -0.2) is 83.7 Å². The molecule has 2 saturated heterocycles. The monoisotopic (exact) mass is 383 g/mol. The van der Waals surface area contributed by atoms with Gasteiger partial charge >= 0.3 is 0 Å². The summed E-state index contributed by atoms with van der Waals surface area (Å²) in [6, 6.07) is 12.4. The van der Waals surface area contributed by atoms with Gasteiger partial charge in [0.1, 0.15) is 6.26 Å². The summed E-state index contributed by atoms with van der Waals surface area (Å²) in [6.07, 6.45) is 4.37. The number of piperazine rings is 1. The molecule has 3 heterocycles. The highest BCUT2D eigenvalue weighted by atomic mass is 16.3. The molecular weight excluding hydrogens is 354 g/mol. The zero-order chi connectivity index (χ0) is 19.3. The third-order valence-corrected chi connectivity index (χ3v) is 6.04. The molecule has 2 aliphatic heterocycles. The minimum absolute atomic E-state index is 0.0584. The smallest absolute Gasteiger partial charge is 0.257 e. The second-order valence-corrected chi connectivity index (χ2v) is 7.80. The first-order valence-electron chi connectivity index (χ1n) is 10.2. The highest BCUT2D eigenvalue weighted by Gasteiger charge is 2.35. The lowest BCUT2D eigenvalue weighted by Gasteiger charge is -2.45. The quantitative estimate of drug-likeness (QED) is 0.852. The van der Waals surface area contributed by atoms with Gasteiger partial charge in [-0.25, -0.2) is 0 Å². The number of hydrogen-bond acceptors (Lipinski definition) is 5. The molecule has 1 N–H and O–H groups in total. The fourth-order valence-electron chi connectivity index (χ4n) is 4.35. The van der Waals surface area contributed by atoms with Crippen LogP contribution < -0.4 is 0 Å². The number of furan rings is 1. The van der Waals surface area contributed by atoms with Gasteiger partial charge < -0.3 is 19.3 Å². The van der Waals surface area contributed by atoms with E-state index in [2.05, 4.69) is 40.1 Å². The Bertz CT molecular complexity index is 742. The van der Waals surface area contributed by atoms with Crippen molar-refractivity contribution in [2.75, 3.05) is 45.8 Å². The predicted octanol–water partition coefficient (Wildman–Crippen LogP) is 1.72. The van der Waals surface area contributed by atoms with Gasteiger partial charge in [-0.3, -0.25) is 9.69 Å². The van der Waals surface area contributed by atoms with E-state index in [1.165, 1.54) is 18.1 Å². The van der Waals surface area contributed by atoms with Gasteiger partial charge in [-0.05, 0) is 24.5 Å². The van der Waals surface area contributed by atoms with Crippen LogP contribution in [0.4, 0.5) is 0 Å². The maximum absolute atomic E-state index is 12.5. The molecule has 6 nitrogen and oxygen atoms in total. The van der Waals surface area contributed by atoms with E-state index in [1.807, 2.05) is 0 Å². The zero-order valence-corrected chi connectivity index (χ0v) is 16.2. The van der Waals surface area contributed by atoms with E-state index in [-0.39, 0.29) is 11.9 Å². The maximum Gasteiger partial charge on any atom is 0.257 e. The number of piperidine rings is 1. The lowest BCUT2D eigenvalue weighted by molar-refractivity contribution is -0.0241. The van der Waals surface area contributed by atoms with Crippen LogP contribution in [-0.2, 0) is 6.42 Å². The fourth-order valence-corrected chi connectivity index (χ4v) is 4.35. The van der Waals surface area contributed by atoms with Gasteiger partial charge in [0, 0.05) is 51.9 Å². The molecule has 0 radical (unpaired) electrons. The van der Waals surface area contributed by atoms with Crippen LogP contribution >= 0.6 is 0 Å². The Hall–Kier alpha value is -2.15. The van der Waals surface area contributed by atoms with Crippen molar-refractivity contribution in [2.45, 2.75) is 25.0 Å². The first kappa shape index (κ1) is 19.2. The van der Waals surface area contributed by atoms with Crippen LogP contribution in [0.1, 0.15) is 22.3 Å². The van der Waals surface area contributed by atoms with Crippen LogP contribution in [0, 0.1) is 0 Å². The van der Waals surface area contributed by atoms with Gasteiger partial charge in [0.2, 0.25) is 0 Å². The topological polar surface area (TPSA) is 60.2 Å². The Kier molecular flexibility index (Phi) is 6.10. The number of carbonyl (C=O) groups excluding carboxylic acids is 1. The van der Waals surface area contributed by atoms with Crippen molar-refractivity contribution in [2.24, 2.45) is 0 Å². The second-order valence-electron chi connectivity index (χ2n) is 7.80. The van der Waals surface area contributed by atoms with Gasteiger partial charge in [0.15, 0.2) is 0 Å². The molecule has 150 valence electrons. The van der Waals surface area contributed by atoms with Crippen LogP contribution in [0.5, 0.6) is 0 Å². The number of aliphatic hydroxyl groups excluding tert-OH is 1. The molecule has 2 aliphatic rings. The summed E-state index contributed by atoms with van der Waals surface area (Å²) in [5.41, 5.74) is 1.94. The molecule has 0 spiro atoms. The van der Waals surface area contributed by atoms with Crippen molar-refractivity contribution < 1.29 is 14.3 Å². The summed E-state index contributed by atoms with van der Waals surface area (Å²) in [6.45, 7) is 6.18. The van der Waals surface area contributed by atoms with Gasteiger partial charge in [0.05, 0.1) is 17.9 Å². The first-order chi connectivity index (χ1) is 13.7. The Morgan fingerprint density at radius 1 is 1.07 bits per heavy atom. The number of hydrogen-bond donors (Lipinski definition) is 1. The number of rotatable bonds is 5. The molecule has 4 rings (SSSR count). The molecule has 2 aromatic rings. The van der Waals surface area contributed by atoms with Crippen LogP contribution in [0.3, 0.4) is 0 Å². The number of benzene rings is 1. The van der Waals surface area contributed by atoms with Crippen molar-refractivity contribution in [3.8, 4) is 0 Å². The highest BCUT2D eigenvalue weighted by Crippen LogP contribution is 2.21. The first-order valence-corrected chi connectivity index (χ1v) is 10.2. The summed E-state index contributed by atoms with van der Waals surface area (Å²) in [5.74, 6) is -0.0584. The lowest BCUT2D eigenvalue weighted by atomic mass is 9.98. The van der Waals surface area contributed by atoms with Crippen molar-refractivity contribution in [3.63, 3.8) is 0 Å². The predicted molar refractivity (Wildman–Crippen MR) is 107 cm³/mol. The summed E-state index contributed by atoms with van der Waals surface area (Å²) in [5, 5.41) is 10.7. The maximum atomic E-state index is 12.5. The van der Waals surface area contributed by atoms with Crippen LogP contribution in [0.2, 0.25) is 0 Å². The molecule has 0 bridgehead atoms. The van der Waals surface area contributed by atoms with Crippen LogP contribution in [0.15, 0.2) is 53.3 Å². The summed E-state index contributed by atoms with van der Waals surface area (Å²) in [7, 11) is 0. The third-order valence-electron chi connectivity index (χ3n) is 6.04. The molecule has 1 amide bonds. The summed E-state index contributed by atoms with van der Waals surface area (Å²) < 4.78 is 5.00. The van der Waals surface area contributed by atoms with Gasteiger partial charge in [-0.2, -0.15) is 0 Å². The summed E-state index contributed by atoms with van der Waals surface area (Å²) in [4.78, 5) is 19.1. The normalized spacial score (nSPS) is 24.4. The zero-order valence-electron chi connectivity index (χ0n) is 16.2. The molecule has 1 aromatic heterocycles. The standard InChI is InChI=1S/C22H29N3O3/c26-21-16-25(22(27)19-8-15-28-17-19)10-7-20(21)24-13-11-23(12-14-24)9-6-18-4-2-1-3-5-18/h1-5,8,15,17,20-21,26H,6-7,9-14,16H2/t20-,21-/m1/s1. The molecule has 0 saturated carbocycles. The Morgan fingerprint density at radius 3 is 2.54 bits per heavy atom. The molecule has 28 heavy (non-hydrogen) atoms. The van der Waals surface area contributed by atoms with E-state index in [4.69, 9.17) is 4.42 Å². The minimum Gasteiger partial charge on any atom is -0.472 e. The van der Waals surface area contributed by atoms with E-state index < -0.39 is 6.10 Å².